The molecule has 0 radical (unpaired) electrons. The number of carbonyl (C=O) groups excluding carboxylic acids is 2. The molecule has 0 unspecified atom stereocenters. The first-order valence-electron chi connectivity index (χ1n) is 8.53. The van der Waals surface area contributed by atoms with Crippen LogP contribution in [-0.4, -0.2) is 33.0 Å². The van der Waals surface area contributed by atoms with E-state index in [0.29, 0.717) is 5.56 Å². The number of hydrogen-bond donors (Lipinski definition) is 1. The Balaban J connectivity index is 1.86. The van der Waals surface area contributed by atoms with Crippen molar-refractivity contribution in [1.29, 1.82) is 0 Å². The molecular weight excluding hydrogens is 388 g/mol. The van der Waals surface area contributed by atoms with Crippen LogP contribution in [0.1, 0.15) is 28.9 Å². The summed E-state index contributed by atoms with van der Waals surface area (Å²) in [6.45, 7) is 1.44. The van der Waals surface area contributed by atoms with Crippen LogP contribution in [0.25, 0.3) is 0 Å². The van der Waals surface area contributed by atoms with E-state index in [0.717, 1.165) is 24.1 Å². The first-order chi connectivity index (χ1) is 13.3. The second kappa shape index (κ2) is 8.20. The van der Waals surface area contributed by atoms with Gasteiger partial charge in [-0.05, 0) is 24.6 Å². The molecule has 0 aliphatic carbocycles. The van der Waals surface area contributed by atoms with E-state index < -0.39 is 46.9 Å². The van der Waals surface area contributed by atoms with Crippen LogP contribution in [0.3, 0.4) is 0 Å². The lowest BCUT2D eigenvalue weighted by molar-refractivity contribution is -0.139. The van der Waals surface area contributed by atoms with Gasteiger partial charge in [0.05, 0.1) is 12.5 Å². The van der Waals surface area contributed by atoms with Crippen molar-refractivity contribution < 1.29 is 28.3 Å². The molecule has 2 aromatic carbocycles. The maximum atomic E-state index is 14.4. The van der Waals surface area contributed by atoms with Crippen molar-refractivity contribution in [2.45, 2.75) is 31.2 Å². The van der Waals surface area contributed by atoms with Gasteiger partial charge in [-0.3, -0.25) is 14.4 Å². The molecule has 0 saturated carbocycles. The molecule has 2 aromatic rings. The Morgan fingerprint density at radius 3 is 2.32 bits per heavy atom. The fourth-order valence-electron chi connectivity index (χ4n) is 2.97. The quantitative estimate of drug-likeness (QED) is 0.608. The third-order valence-corrected chi connectivity index (χ3v) is 5.93. The lowest BCUT2D eigenvalue weighted by Crippen LogP contribution is -2.45. The highest BCUT2D eigenvalue weighted by Crippen LogP contribution is 2.40. The summed E-state index contributed by atoms with van der Waals surface area (Å²) in [5.41, 5.74) is 0.396. The van der Waals surface area contributed by atoms with E-state index >= 15 is 0 Å². The van der Waals surface area contributed by atoms with E-state index in [1.165, 1.54) is 0 Å². The van der Waals surface area contributed by atoms with E-state index in [1.54, 1.807) is 41.6 Å². The van der Waals surface area contributed by atoms with Crippen molar-refractivity contribution in [2.24, 2.45) is 0 Å². The highest BCUT2D eigenvalue weighted by atomic mass is 32.2. The summed E-state index contributed by atoms with van der Waals surface area (Å²) in [7, 11) is 0. The maximum Gasteiger partial charge on any atom is 0.307 e. The Bertz CT molecular complexity index is 935. The third-order valence-electron chi connectivity index (χ3n) is 4.52. The van der Waals surface area contributed by atoms with Gasteiger partial charge in [-0.25, -0.2) is 13.1 Å². The number of hydrogen-bond acceptors (Lipinski definition) is 5. The minimum atomic E-state index is -1.26. The van der Waals surface area contributed by atoms with Crippen LogP contribution >= 0.6 is 11.9 Å². The van der Waals surface area contributed by atoms with Gasteiger partial charge in [0, 0.05) is 17.7 Å². The average molecular weight is 405 g/mol. The van der Waals surface area contributed by atoms with Crippen molar-refractivity contribution in [1.82, 2.24) is 4.31 Å². The molecule has 1 fully saturated rings. The zero-order chi connectivity index (χ0) is 20.4. The molecule has 0 spiro atoms. The smallest absolute Gasteiger partial charge is 0.307 e. The zero-order valence-electron chi connectivity index (χ0n) is 14.9. The monoisotopic (exact) mass is 405 g/mol. The van der Waals surface area contributed by atoms with Crippen LogP contribution in [-0.2, 0) is 27.3 Å². The largest absolute Gasteiger partial charge is 0.481 e. The standard InChI is InChI=1S/C20H17F2NO4S/c1-11-18(26)19(27)20(12-5-3-2-4-6-12)28-23(11)10-14-8-15(21)13(7-16(14)22)9-17(24)25/h2-8,11,20H,9-10H2,1H3,(H,24,25)/t11-,20+/m0/s1. The molecule has 2 atom stereocenters. The Kier molecular flexibility index (Phi) is 5.90. The molecule has 28 heavy (non-hydrogen) atoms. The highest BCUT2D eigenvalue weighted by Gasteiger charge is 2.41. The van der Waals surface area contributed by atoms with E-state index in [9.17, 15) is 23.2 Å². The van der Waals surface area contributed by atoms with Crippen molar-refractivity contribution >= 4 is 29.5 Å². The number of rotatable bonds is 5. The number of ketones is 2. The van der Waals surface area contributed by atoms with Crippen LogP contribution in [0.15, 0.2) is 42.5 Å². The van der Waals surface area contributed by atoms with Crippen LogP contribution in [0.4, 0.5) is 8.78 Å². The second-order valence-electron chi connectivity index (χ2n) is 6.48. The van der Waals surface area contributed by atoms with Gasteiger partial charge in [-0.1, -0.05) is 42.3 Å². The van der Waals surface area contributed by atoms with Gasteiger partial charge in [0.1, 0.15) is 16.9 Å². The molecule has 0 aromatic heterocycles. The van der Waals surface area contributed by atoms with E-state index in [2.05, 4.69) is 0 Å². The lowest BCUT2D eigenvalue weighted by Gasteiger charge is -2.35. The van der Waals surface area contributed by atoms with Crippen molar-refractivity contribution in [3.05, 3.63) is 70.8 Å². The number of Topliss-reactive ketones (excluding diaryl/α,β-unsaturated/α-hetero) is 2. The molecule has 1 aliphatic rings. The second-order valence-corrected chi connectivity index (χ2v) is 7.63. The minimum Gasteiger partial charge on any atom is -0.481 e. The van der Waals surface area contributed by atoms with Crippen molar-refractivity contribution in [3.8, 4) is 0 Å². The average Bonchev–Trinajstić information content (AvgIpc) is 2.66. The number of carboxylic acid groups (broad SMARTS) is 1. The fraction of sp³-hybridized carbons (Fsp3) is 0.250. The predicted molar refractivity (Wildman–Crippen MR) is 99.5 cm³/mol. The van der Waals surface area contributed by atoms with Gasteiger partial charge >= 0.3 is 5.97 Å². The van der Waals surface area contributed by atoms with Crippen LogP contribution in [0, 0.1) is 11.6 Å². The Morgan fingerprint density at radius 2 is 1.68 bits per heavy atom. The van der Waals surface area contributed by atoms with Gasteiger partial charge in [0.25, 0.3) is 0 Å². The normalized spacial score (nSPS) is 20.4. The van der Waals surface area contributed by atoms with Crippen molar-refractivity contribution in [3.63, 3.8) is 0 Å². The molecule has 1 aliphatic heterocycles. The van der Waals surface area contributed by atoms with Gasteiger partial charge in [-0.2, -0.15) is 0 Å². The Hall–Kier alpha value is -2.58. The van der Waals surface area contributed by atoms with Crippen LogP contribution in [0.2, 0.25) is 0 Å². The summed E-state index contributed by atoms with van der Waals surface area (Å²) >= 11 is 1.11. The van der Waals surface area contributed by atoms with E-state index in [1.807, 2.05) is 0 Å². The molecule has 0 bridgehead atoms. The molecule has 1 saturated heterocycles. The topological polar surface area (TPSA) is 74.7 Å². The first kappa shape index (κ1) is 20.2. The summed E-state index contributed by atoms with van der Waals surface area (Å²) in [5.74, 6) is -3.96. The summed E-state index contributed by atoms with van der Waals surface area (Å²) in [5, 5.41) is 8.02. The van der Waals surface area contributed by atoms with Crippen LogP contribution < -0.4 is 0 Å². The number of aliphatic carboxylic acids is 1. The zero-order valence-corrected chi connectivity index (χ0v) is 15.7. The molecule has 1 N–H and O–H groups in total. The predicted octanol–water partition coefficient (Wildman–Crippen LogP) is 3.32. The number of carboxylic acids is 1. The van der Waals surface area contributed by atoms with Gasteiger partial charge in [0.2, 0.25) is 11.6 Å². The number of carbonyl (C=O) groups is 3. The minimum absolute atomic E-state index is 0.0139. The molecule has 0 amide bonds. The SMILES string of the molecule is C[C@H]1C(=O)C(=O)[C@@H](c2ccccc2)SN1Cc1cc(F)c(CC(=O)O)cc1F. The maximum absolute atomic E-state index is 14.4. The highest BCUT2D eigenvalue weighted by molar-refractivity contribution is 7.98. The Morgan fingerprint density at radius 1 is 1.07 bits per heavy atom. The lowest BCUT2D eigenvalue weighted by atomic mass is 10.0. The molecule has 3 rings (SSSR count). The summed E-state index contributed by atoms with van der Waals surface area (Å²) in [6, 6.07) is 9.78. The number of benzene rings is 2. The van der Waals surface area contributed by atoms with Crippen LogP contribution in [0.5, 0.6) is 0 Å². The number of halogens is 2. The molecule has 5 nitrogen and oxygen atoms in total. The fourth-order valence-corrected chi connectivity index (χ4v) is 4.22. The third kappa shape index (κ3) is 4.13. The summed E-state index contributed by atoms with van der Waals surface area (Å²) < 4.78 is 30.1. The Labute approximate surface area is 164 Å². The summed E-state index contributed by atoms with van der Waals surface area (Å²) in [6.07, 6.45) is -0.624. The van der Waals surface area contributed by atoms with Gasteiger partial charge < -0.3 is 5.11 Å². The van der Waals surface area contributed by atoms with E-state index in [4.69, 9.17) is 5.11 Å². The van der Waals surface area contributed by atoms with Crippen molar-refractivity contribution in [2.75, 3.05) is 0 Å². The molecular formula is C20H17F2NO4S. The summed E-state index contributed by atoms with van der Waals surface area (Å²) in [4.78, 5) is 35.6. The molecule has 1 heterocycles. The first-order valence-corrected chi connectivity index (χ1v) is 9.36. The van der Waals surface area contributed by atoms with E-state index in [-0.39, 0.29) is 17.7 Å². The number of nitrogens with zero attached hydrogens (tertiary/aromatic N) is 1. The molecule has 146 valence electrons. The molecule has 8 heteroatoms. The van der Waals surface area contributed by atoms with Gasteiger partial charge in [-0.15, -0.1) is 0 Å². The van der Waals surface area contributed by atoms with Gasteiger partial charge in [0.15, 0.2) is 0 Å².